The fraction of sp³-hybridized carbons (Fsp3) is 1.00. The molecular weight excluding hydrogens is 207 g/mol. The fourth-order valence-corrected chi connectivity index (χ4v) is 3.29. The lowest BCUT2D eigenvalue weighted by atomic mass is 10.0. The van der Waals surface area contributed by atoms with E-state index < -0.39 is 4.58 Å². The van der Waals surface area contributed by atoms with Gasteiger partial charge in [-0.2, -0.15) is 0 Å². The summed E-state index contributed by atoms with van der Waals surface area (Å²) in [5, 5.41) is 0. The van der Waals surface area contributed by atoms with Gasteiger partial charge in [-0.15, -0.1) is 0 Å². The van der Waals surface area contributed by atoms with Crippen LogP contribution in [0, 0.1) is 11.8 Å². The molecule has 2 heteroatoms. The van der Waals surface area contributed by atoms with Crippen molar-refractivity contribution in [2.75, 3.05) is 0 Å². The molecule has 0 aromatic rings. The van der Waals surface area contributed by atoms with Crippen molar-refractivity contribution in [3.63, 3.8) is 0 Å². The maximum absolute atomic E-state index is 13.4. The summed E-state index contributed by atoms with van der Waals surface area (Å²) >= 11 is 3.18. The average molecular weight is 221 g/mol. The minimum Gasteiger partial charge on any atom is -0.231 e. The predicted molar refractivity (Wildman–Crippen MR) is 47.4 cm³/mol. The fourth-order valence-electron chi connectivity index (χ4n) is 2.33. The molecule has 0 saturated heterocycles. The van der Waals surface area contributed by atoms with Crippen molar-refractivity contribution < 1.29 is 4.39 Å². The van der Waals surface area contributed by atoms with Gasteiger partial charge in [0.05, 0.1) is 0 Å². The highest BCUT2D eigenvalue weighted by Crippen LogP contribution is 2.63. The quantitative estimate of drug-likeness (QED) is 0.547. The Kier molecular flexibility index (Phi) is 1.99. The van der Waals surface area contributed by atoms with Crippen LogP contribution in [0.3, 0.4) is 0 Å². The molecule has 2 atom stereocenters. The SMILES string of the molecule is FC1(Br)C2CCCCCCC21. The minimum atomic E-state index is -0.961. The highest BCUT2D eigenvalue weighted by Gasteiger charge is 2.63. The van der Waals surface area contributed by atoms with Crippen LogP contribution in [0.1, 0.15) is 38.5 Å². The molecule has 64 valence electrons. The van der Waals surface area contributed by atoms with Crippen LogP contribution in [0.2, 0.25) is 0 Å². The van der Waals surface area contributed by atoms with Gasteiger partial charge in [-0.05, 0) is 28.8 Å². The maximum atomic E-state index is 13.4. The average Bonchev–Trinajstić information content (AvgIpc) is 2.29. The van der Waals surface area contributed by atoms with Crippen molar-refractivity contribution in [2.24, 2.45) is 11.8 Å². The van der Waals surface area contributed by atoms with Crippen molar-refractivity contribution in [3.8, 4) is 0 Å². The Morgan fingerprint density at radius 2 is 1.45 bits per heavy atom. The molecule has 0 aromatic heterocycles. The Morgan fingerprint density at radius 1 is 1.00 bits per heavy atom. The molecule has 11 heavy (non-hydrogen) atoms. The predicted octanol–water partition coefficient (Wildman–Crippen LogP) is 3.65. The van der Waals surface area contributed by atoms with Crippen molar-refractivity contribution in [2.45, 2.75) is 43.1 Å². The second-order valence-corrected chi connectivity index (χ2v) is 5.09. The molecule has 0 aromatic carbocycles. The summed E-state index contributed by atoms with van der Waals surface area (Å²) in [7, 11) is 0. The van der Waals surface area contributed by atoms with Gasteiger partial charge in [-0.3, -0.25) is 0 Å². The summed E-state index contributed by atoms with van der Waals surface area (Å²) in [6.07, 6.45) is 7.30. The van der Waals surface area contributed by atoms with E-state index in [1.165, 1.54) is 25.7 Å². The molecule has 2 rings (SSSR count). The van der Waals surface area contributed by atoms with Gasteiger partial charge in [0.1, 0.15) is 0 Å². The van der Waals surface area contributed by atoms with Crippen LogP contribution >= 0.6 is 15.9 Å². The largest absolute Gasteiger partial charge is 0.231 e. The van der Waals surface area contributed by atoms with E-state index in [-0.39, 0.29) is 0 Å². The minimum absolute atomic E-state index is 0.350. The maximum Gasteiger partial charge on any atom is 0.171 e. The molecule has 0 spiro atoms. The lowest BCUT2D eigenvalue weighted by Gasteiger charge is -2.04. The zero-order chi connectivity index (χ0) is 7.90. The van der Waals surface area contributed by atoms with Gasteiger partial charge in [-0.1, -0.05) is 25.7 Å². The van der Waals surface area contributed by atoms with Gasteiger partial charge < -0.3 is 0 Å². The lowest BCUT2D eigenvalue weighted by Crippen LogP contribution is -1.90. The highest BCUT2D eigenvalue weighted by molar-refractivity contribution is 9.10. The Labute approximate surface area is 75.7 Å². The number of hydrogen-bond donors (Lipinski definition) is 0. The first kappa shape index (κ1) is 8.03. The monoisotopic (exact) mass is 220 g/mol. The Morgan fingerprint density at radius 3 is 1.91 bits per heavy atom. The summed E-state index contributed by atoms with van der Waals surface area (Å²) in [5.41, 5.74) is 0. The van der Waals surface area contributed by atoms with E-state index in [4.69, 9.17) is 0 Å². The molecule has 2 fully saturated rings. The zero-order valence-corrected chi connectivity index (χ0v) is 8.24. The smallest absolute Gasteiger partial charge is 0.171 e. The van der Waals surface area contributed by atoms with Crippen LogP contribution in [0.15, 0.2) is 0 Å². The van der Waals surface area contributed by atoms with Gasteiger partial charge in [0.2, 0.25) is 0 Å². The first-order chi connectivity index (χ1) is 5.23. The number of alkyl halides is 2. The molecule has 0 bridgehead atoms. The van der Waals surface area contributed by atoms with Crippen molar-refractivity contribution in [1.82, 2.24) is 0 Å². The van der Waals surface area contributed by atoms with Crippen LogP contribution in [0.25, 0.3) is 0 Å². The van der Waals surface area contributed by atoms with E-state index in [2.05, 4.69) is 15.9 Å². The second-order valence-electron chi connectivity index (χ2n) is 3.88. The molecule has 0 radical (unpaired) electrons. The van der Waals surface area contributed by atoms with E-state index >= 15 is 0 Å². The molecule has 0 aliphatic heterocycles. The van der Waals surface area contributed by atoms with E-state index in [1.807, 2.05) is 0 Å². The van der Waals surface area contributed by atoms with Crippen LogP contribution < -0.4 is 0 Å². The van der Waals surface area contributed by atoms with Gasteiger partial charge in [0, 0.05) is 11.8 Å². The third-order valence-electron chi connectivity index (χ3n) is 3.15. The lowest BCUT2D eigenvalue weighted by molar-refractivity contribution is 0.390. The van der Waals surface area contributed by atoms with Crippen LogP contribution in [0.5, 0.6) is 0 Å². The third kappa shape index (κ3) is 1.34. The second kappa shape index (κ2) is 2.72. The summed E-state index contributed by atoms with van der Waals surface area (Å²) in [6, 6.07) is 0. The van der Waals surface area contributed by atoms with E-state index in [0.29, 0.717) is 11.8 Å². The van der Waals surface area contributed by atoms with Gasteiger partial charge >= 0.3 is 0 Å². The standard InChI is InChI=1S/C9H14BrF/c10-9(11)7-5-3-1-2-4-6-8(7)9/h7-8H,1-6H2. The first-order valence-corrected chi connectivity index (χ1v) is 5.40. The highest BCUT2D eigenvalue weighted by atomic mass is 79.9. The Balaban J connectivity index is 1.95. The van der Waals surface area contributed by atoms with Gasteiger partial charge in [0.15, 0.2) is 4.58 Å². The first-order valence-electron chi connectivity index (χ1n) is 4.61. The Hall–Kier alpha value is 0.410. The number of fused-ring (bicyclic) bond motifs is 1. The van der Waals surface area contributed by atoms with Crippen LogP contribution in [-0.2, 0) is 0 Å². The van der Waals surface area contributed by atoms with Crippen molar-refractivity contribution in [3.05, 3.63) is 0 Å². The molecule has 2 saturated carbocycles. The molecule has 2 aliphatic rings. The summed E-state index contributed by atoms with van der Waals surface area (Å²) in [6.45, 7) is 0. The van der Waals surface area contributed by atoms with Crippen molar-refractivity contribution >= 4 is 15.9 Å². The van der Waals surface area contributed by atoms with E-state index in [0.717, 1.165) is 12.8 Å². The topological polar surface area (TPSA) is 0 Å². The van der Waals surface area contributed by atoms with E-state index in [1.54, 1.807) is 0 Å². The van der Waals surface area contributed by atoms with Gasteiger partial charge in [0.25, 0.3) is 0 Å². The molecule has 2 unspecified atom stereocenters. The molecule has 0 N–H and O–H groups in total. The number of halogens is 2. The van der Waals surface area contributed by atoms with Crippen LogP contribution in [-0.4, -0.2) is 4.58 Å². The molecular formula is C9H14BrF. The molecule has 0 heterocycles. The summed E-state index contributed by atoms with van der Waals surface area (Å²) < 4.78 is 12.5. The summed E-state index contributed by atoms with van der Waals surface area (Å²) in [4.78, 5) is 0. The van der Waals surface area contributed by atoms with Gasteiger partial charge in [-0.25, -0.2) is 4.39 Å². The van der Waals surface area contributed by atoms with E-state index in [9.17, 15) is 4.39 Å². The normalized spacial score (nSPS) is 50.7. The molecule has 0 nitrogen and oxygen atoms in total. The zero-order valence-electron chi connectivity index (χ0n) is 6.65. The van der Waals surface area contributed by atoms with Crippen molar-refractivity contribution in [1.29, 1.82) is 0 Å². The Bertz CT molecular complexity index is 140. The van der Waals surface area contributed by atoms with Crippen LogP contribution in [0.4, 0.5) is 4.39 Å². The third-order valence-corrected chi connectivity index (χ3v) is 4.32. The summed E-state index contributed by atoms with van der Waals surface area (Å²) in [5.74, 6) is 0.700. The molecule has 0 amide bonds. The number of hydrogen-bond acceptors (Lipinski definition) is 0. The molecule has 2 aliphatic carbocycles. The number of rotatable bonds is 0.